The van der Waals surface area contributed by atoms with Crippen molar-refractivity contribution in [3.05, 3.63) is 34.9 Å². The molecule has 0 aliphatic heterocycles. The third kappa shape index (κ3) is 1.70. The zero-order valence-corrected chi connectivity index (χ0v) is 7.83. The normalized spacial score (nSPS) is 21.2. The Kier molecular flexibility index (Phi) is 2.06. The first-order valence-electron chi connectivity index (χ1n) is 4.28. The summed E-state index contributed by atoms with van der Waals surface area (Å²) in [5.74, 6) is 0. The number of benzene rings is 1. The first-order valence-corrected chi connectivity index (χ1v) is 4.65. The van der Waals surface area contributed by atoms with E-state index in [1.807, 2.05) is 0 Å². The summed E-state index contributed by atoms with van der Waals surface area (Å²) in [7, 11) is 0. The Labute approximate surface area is 81.8 Å². The Hall–Kier alpha value is -0.570. The molecule has 1 atom stereocenters. The number of halogens is 1. The number of hydrogen-bond acceptors (Lipinski definition) is 2. The molecule has 0 unspecified atom stereocenters. The van der Waals surface area contributed by atoms with E-state index in [0.29, 0.717) is 17.9 Å². The molecular weight excluding hydrogens is 188 g/mol. The maximum atomic E-state index is 9.72. The van der Waals surface area contributed by atoms with Gasteiger partial charge in [-0.05, 0) is 30.5 Å². The van der Waals surface area contributed by atoms with Gasteiger partial charge < -0.3 is 10.2 Å². The van der Waals surface area contributed by atoms with Crippen molar-refractivity contribution >= 4 is 11.6 Å². The van der Waals surface area contributed by atoms with Gasteiger partial charge in [-0.1, -0.05) is 23.7 Å². The Morgan fingerprint density at radius 3 is 2.23 bits per heavy atom. The van der Waals surface area contributed by atoms with E-state index in [9.17, 15) is 10.2 Å². The van der Waals surface area contributed by atoms with Crippen LogP contribution in [0.4, 0.5) is 0 Å². The molecule has 2 N–H and O–H groups in total. The van der Waals surface area contributed by atoms with Crippen LogP contribution in [0.15, 0.2) is 24.3 Å². The first kappa shape index (κ1) is 9.00. The highest BCUT2D eigenvalue weighted by atomic mass is 35.5. The third-order valence-corrected chi connectivity index (χ3v) is 2.71. The first-order chi connectivity index (χ1) is 6.12. The molecule has 1 aromatic rings. The number of rotatable bonds is 2. The zero-order chi connectivity index (χ0) is 9.47. The van der Waals surface area contributed by atoms with Crippen molar-refractivity contribution < 1.29 is 10.2 Å². The molecule has 1 saturated carbocycles. The molecule has 1 aliphatic carbocycles. The van der Waals surface area contributed by atoms with Crippen LogP contribution in [-0.4, -0.2) is 15.8 Å². The summed E-state index contributed by atoms with van der Waals surface area (Å²) in [5, 5.41) is 20.0. The van der Waals surface area contributed by atoms with E-state index < -0.39 is 11.7 Å². The molecule has 13 heavy (non-hydrogen) atoms. The van der Waals surface area contributed by atoms with Crippen LogP contribution in [0.25, 0.3) is 0 Å². The van der Waals surface area contributed by atoms with E-state index >= 15 is 0 Å². The second-order valence-corrected chi connectivity index (χ2v) is 3.99. The SMILES string of the molecule is O[C@@H](c1ccc(Cl)cc1)C1(O)CC1. The highest BCUT2D eigenvalue weighted by molar-refractivity contribution is 6.30. The largest absolute Gasteiger partial charge is 0.387 e. The van der Waals surface area contributed by atoms with Gasteiger partial charge in [0.2, 0.25) is 0 Å². The lowest BCUT2D eigenvalue weighted by Crippen LogP contribution is -2.19. The van der Waals surface area contributed by atoms with Gasteiger partial charge in [-0.25, -0.2) is 0 Å². The van der Waals surface area contributed by atoms with Crippen LogP contribution in [0.5, 0.6) is 0 Å². The quantitative estimate of drug-likeness (QED) is 0.762. The number of aliphatic hydroxyl groups excluding tert-OH is 1. The average Bonchev–Trinajstić information content (AvgIpc) is 2.85. The smallest absolute Gasteiger partial charge is 0.108 e. The molecule has 0 aromatic heterocycles. The molecule has 1 aromatic carbocycles. The summed E-state index contributed by atoms with van der Waals surface area (Å²) in [6.07, 6.45) is 0.581. The minimum atomic E-state index is -0.881. The van der Waals surface area contributed by atoms with E-state index in [1.54, 1.807) is 24.3 Å². The van der Waals surface area contributed by atoms with Crippen LogP contribution in [-0.2, 0) is 0 Å². The van der Waals surface area contributed by atoms with Gasteiger partial charge in [-0.2, -0.15) is 0 Å². The van der Waals surface area contributed by atoms with Gasteiger partial charge in [-0.15, -0.1) is 0 Å². The van der Waals surface area contributed by atoms with Crippen LogP contribution in [0.1, 0.15) is 24.5 Å². The second kappa shape index (κ2) is 2.98. The van der Waals surface area contributed by atoms with E-state index in [0.717, 1.165) is 5.56 Å². The van der Waals surface area contributed by atoms with Crippen LogP contribution >= 0.6 is 11.6 Å². The van der Waals surface area contributed by atoms with E-state index in [-0.39, 0.29) is 0 Å². The van der Waals surface area contributed by atoms with Crippen LogP contribution in [0.2, 0.25) is 5.02 Å². The lowest BCUT2D eigenvalue weighted by Gasteiger charge is -2.16. The highest BCUT2D eigenvalue weighted by Crippen LogP contribution is 2.45. The predicted octanol–water partition coefficient (Wildman–Crippen LogP) is 1.90. The van der Waals surface area contributed by atoms with Gasteiger partial charge >= 0.3 is 0 Å². The van der Waals surface area contributed by atoms with Crippen molar-refractivity contribution in [2.24, 2.45) is 0 Å². The maximum Gasteiger partial charge on any atom is 0.108 e. The lowest BCUT2D eigenvalue weighted by molar-refractivity contribution is -0.00172. The van der Waals surface area contributed by atoms with Crippen molar-refractivity contribution in [2.45, 2.75) is 24.5 Å². The van der Waals surface area contributed by atoms with Gasteiger partial charge in [0.15, 0.2) is 0 Å². The molecular formula is C10H11ClO2. The number of hydrogen-bond donors (Lipinski definition) is 2. The summed E-state index contributed by atoms with van der Waals surface area (Å²) in [6.45, 7) is 0. The molecule has 1 fully saturated rings. The molecule has 1 aliphatic rings. The minimum Gasteiger partial charge on any atom is -0.387 e. The monoisotopic (exact) mass is 198 g/mol. The summed E-state index contributed by atoms with van der Waals surface area (Å²) in [6, 6.07) is 6.91. The van der Waals surface area contributed by atoms with Gasteiger partial charge in [-0.3, -0.25) is 0 Å². The van der Waals surface area contributed by atoms with Gasteiger partial charge in [0.25, 0.3) is 0 Å². The Morgan fingerprint density at radius 1 is 1.23 bits per heavy atom. The average molecular weight is 199 g/mol. The Morgan fingerprint density at radius 2 is 1.77 bits per heavy atom. The van der Waals surface area contributed by atoms with Crippen molar-refractivity contribution in [2.75, 3.05) is 0 Å². The van der Waals surface area contributed by atoms with Gasteiger partial charge in [0, 0.05) is 5.02 Å². The summed E-state index contributed by atoms with van der Waals surface area (Å²) in [5.41, 5.74) is -0.155. The molecule has 0 radical (unpaired) electrons. The summed E-state index contributed by atoms with van der Waals surface area (Å²) >= 11 is 5.70. The molecule has 70 valence electrons. The zero-order valence-electron chi connectivity index (χ0n) is 7.07. The summed E-state index contributed by atoms with van der Waals surface area (Å²) in [4.78, 5) is 0. The molecule has 0 spiro atoms. The Balaban J connectivity index is 2.20. The fourth-order valence-electron chi connectivity index (χ4n) is 1.36. The van der Waals surface area contributed by atoms with Crippen molar-refractivity contribution in [1.29, 1.82) is 0 Å². The number of aliphatic hydroxyl groups is 2. The standard InChI is InChI=1S/C10H11ClO2/c11-8-3-1-7(2-4-8)9(12)10(13)5-6-10/h1-4,9,12-13H,5-6H2/t9-/m0/s1. The molecule has 0 amide bonds. The van der Waals surface area contributed by atoms with E-state index in [1.165, 1.54) is 0 Å². The lowest BCUT2D eigenvalue weighted by atomic mass is 10.0. The molecule has 0 bridgehead atoms. The highest BCUT2D eigenvalue weighted by Gasteiger charge is 2.47. The van der Waals surface area contributed by atoms with E-state index in [2.05, 4.69) is 0 Å². The van der Waals surface area contributed by atoms with Crippen molar-refractivity contribution in [3.63, 3.8) is 0 Å². The van der Waals surface area contributed by atoms with Crippen molar-refractivity contribution in [1.82, 2.24) is 0 Å². The van der Waals surface area contributed by atoms with Crippen LogP contribution in [0.3, 0.4) is 0 Å². The second-order valence-electron chi connectivity index (χ2n) is 3.56. The molecule has 2 rings (SSSR count). The van der Waals surface area contributed by atoms with E-state index in [4.69, 9.17) is 11.6 Å². The molecule has 0 heterocycles. The van der Waals surface area contributed by atoms with Gasteiger partial charge in [0.05, 0.1) is 5.60 Å². The van der Waals surface area contributed by atoms with Gasteiger partial charge in [0.1, 0.15) is 6.10 Å². The molecule has 2 nitrogen and oxygen atoms in total. The van der Waals surface area contributed by atoms with Crippen molar-refractivity contribution in [3.8, 4) is 0 Å². The maximum absolute atomic E-state index is 9.72. The fraction of sp³-hybridized carbons (Fsp3) is 0.400. The predicted molar refractivity (Wildman–Crippen MR) is 50.6 cm³/mol. The Bertz CT molecular complexity index is 303. The van der Waals surface area contributed by atoms with Crippen LogP contribution < -0.4 is 0 Å². The summed E-state index contributed by atoms with van der Waals surface area (Å²) < 4.78 is 0. The molecule has 3 heteroatoms. The fourth-order valence-corrected chi connectivity index (χ4v) is 1.48. The van der Waals surface area contributed by atoms with Crippen LogP contribution in [0, 0.1) is 0 Å². The third-order valence-electron chi connectivity index (χ3n) is 2.46. The topological polar surface area (TPSA) is 40.5 Å². The molecule has 0 saturated heterocycles. The minimum absolute atomic E-state index is 0.638.